The second-order valence-corrected chi connectivity index (χ2v) is 3.79. The molecule has 0 amide bonds. The van der Waals surface area contributed by atoms with Crippen molar-refractivity contribution >= 4 is 15.9 Å². The second kappa shape index (κ2) is 5.41. The third-order valence-corrected chi connectivity index (χ3v) is 2.42. The molecule has 2 aromatic carbocycles. The van der Waals surface area contributed by atoms with Gasteiger partial charge in [0.05, 0.1) is 0 Å². The van der Waals surface area contributed by atoms with Gasteiger partial charge in [-0.1, -0.05) is 58.4 Å². The zero-order valence-electron chi connectivity index (χ0n) is 9.07. The standard InChI is InChI=1S/C12H9Br.Li.H/c13-12-8-4-7-11(9-12)10-5-2-1-3-6-10;;/h1-9H;;/q;+1;-1. The van der Waals surface area contributed by atoms with Gasteiger partial charge in [-0.05, 0) is 23.3 Å². The normalized spacial score (nSPS) is 9.21. The first-order valence-corrected chi connectivity index (χ1v) is 4.96. The van der Waals surface area contributed by atoms with Crippen molar-refractivity contribution in [2.75, 3.05) is 0 Å². The molecule has 0 aliphatic carbocycles. The Hall–Kier alpha value is -0.483. The number of hydrogen-bond donors (Lipinski definition) is 0. The van der Waals surface area contributed by atoms with Crippen LogP contribution in [-0.4, -0.2) is 0 Å². The summed E-state index contributed by atoms with van der Waals surface area (Å²) in [6, 6.07) is 18.7. The van der Waals surface area contributed by atoms with E-state index in [1.165, 1.54) is 11.1 Å². The molecule has 0 spiro atoms. The predicted octanol–water partition coefficient (Wildman–Crippen LogP) is 1.23. The Morgan fingerprint density at radius 2 is 1.43 bits per heavy atom. The maximum atomic E-state index is 3.46. The molecule has 0 fully saturated rings. The third-order valence-electron chi connectivity index (χ3n) is 1.93. The van der Waals surface area contributed by atoms with Crippen LogP contribution in [-0.2, 0) is 0 Å². The number of rotatable bonds is 1. The SMILES string of the molecule is Brc1cccc(-c2ccccc2)c1.[H-].[Li+]. The van der Waals surface area contributed by atoms with Gasteiger partial charge in [-0.2, -0.15) is 0 Å². The van der Waals surface area contributed by atoms with Crippen molar-refractivity contribution < 1.29 is 20.3 Å². The zero-order chi connectivity index (χ0) is 9.10. The summed E-state index contributed by atoms with van der Waals surface area (Å²) in [5.41, 5.74) is 2.50. The Labute approximate surface area is 106 Å². The van der Waals surface area contributed by atoms with Crippen LogP contribution in [0.1, 0.15) is 1.43 Å². The van der Waals surface area contributed by atoms with Crippen molar-refractivity contribution in [1.82, 2.24) is 0 Å². The van der Waals surface area contributed by atoms with Gasteiger partial charge in [0.2, 0.25) is 0 Å². The van der Waals surface area contributed by atoms with Crippen molar-refractivity contribution in [3.8, 4) is 11.1 Å². The van der Waals surface area contributed by atoms with E-state index in [0.717, 1.165) is 4.47 Å². The minimum absolute atomic E-state index is 0. The molecule has 2 heteroatoms. The first-order valence-electron chi connectivity index (χ1n) is 4.17. The Kier molecular flexibility index (Phi) is 4.48. The Bertz CT molecular complexity index is 403. The van der Waals surface area contributed by atoms with Crippen molar-refractivity contribution in [1.29, 1.82) is 0 Å². The molecular formula is C12H10BrLi. The summed E-state index contributed by atoms with van der Waals surface area (Å²) < 4.78 is 1.12. The summed E-state index contributed by atoms with van der Waals surface area (Å²) >= 11 is 3.46. The van der Waals surface area contributed by atoms with Crippen molar-refractivity contribution in [2.24, 2.45) is 0 Å². The fraction of sp³-hybridized carbons (Fsp3) is 0. The summed E-state index contributed by atoms with van der Waals surface area (Å²) in [4.78, 5) is 0. The van der Waals surface area contributed by atoms with Gasteiger partial charge < -0.3 is 1.43 Å². The Balaban J connectivity index is 0.000000980. The molecule has 0 aliphatic heterocycles. The van der Waals surface area contributed by atoms with Gasteiger partial charge in [-0.25, -0.2) is 0 Å². The van der Waals surface area contributed by atoms with Crippen LogP contribution in [0.25, 0.3) is 11.1 Å². The van der Waals surface area contributed by atoms with Crippen LogP contribution >= 0.6 is 15.9 Å². The van der Waals surface area contributed by atoms with Crippen molar-refractivity contribution in [3.63, 3.8) is 0 Å². The van der Waals surface area contributed by atoms with Crippen molar-refractivity contribution in [3.05, 3.63) is 59.1 Å². The first kappa shape index (κ1) is 11.6. The van der Waals surface area contributed by atoms with Crippen molar-refractivity contribution in [2.45, 2.75) is 0 Å². The molecule has 0 aromatic heterocycles. The summed E-state index contributed by atoms with van der Waals surface area (Å²) in [6.07, 6.45) is 0. The molecule has 0 saturated carbocycles. The van der Waals surface area contributed by atoms with E-state index in [9.17, 15) is 0 Å². The second-order valence-electron chi connectivity index (χ2n) is 2.88. The van der Waals surface area contributed by atoms with Gasteiger partial charge >= 0.3 is 18.9 Å². The van der Waals surface area contributed by atoms with E-state index in [1.54, 1.807) is 0 Å². The van der Waals surface area contributed by atoms with E-state index in [4.69, 9.17) is 0 Å². The quantitative estimate of drug-likeness (QED) is 0.659. The van der Waals surface area contributed by atoms with Crippen LogP contribution in [0, 0.1) is 0 Å². The summed E-state index contributed by atoms with van der Waals surface area (Å²) in [5.74, 6) is 0. The number of halogens is 1. The van der Waals surface area contributed by atoms with Gasteiger partial charge in [0, 0.05) is 4.47 Å². The largest absolute Gasteiger partial charge is 1.00 e. The number of hydrogen-bond acceptors (Lipinski definition) is 0. The molecule has 0 atom stereocenters. The molecule has 0 nitrogen and oxygen atoms in total. The molecule has 0 N–H and O–H groups in total. The van der Waals surface area contributed by atoms with Crippen LogP contribution in [0.4, 0.5) is 0 Å². The van der Waals surface area contributed by atoms with Gasteiger partial charge in [-0.15, -0.1) is 0 Å². The van der Waals surface area contributed by atoms with Gasteiger partial charge in [0.25, 0.3) is 0 Å². The summed E-state index contributed by atoms with van der Waals surface area (Å²) in [5, 5.41) is 0. The maximum Gasteiger partial charge on any atom is 1.00 e. The van der Waals surface area contributed by atoms with E-state index in [2.05, 4.69) is 52.3 Å². The minimum Gasteiger partial charge on any atom is -1.00 e. The molecule has 0 saturated heterocycles. The van der Waals surface area contributed by atoms with E-state index in [-0.39, 0.29) is 20.3 Å². The van der Waals surface area contributed by atoms with E-state index in [1.807, 2.05) is 18.2 Å². The van der Waals surface area contributed by atoms with Crippen LogP contribution in [0.5, 0.6) is 0 Å². The molecule has 66 valence electrons. The molecule has 14 heavy (non-hydrogen) atoms. The van der Waals surface area contributed by atoms with E-state index < -0.39 is 0 Å². The van der Waals surface area contributed by atoms with Gasteiger partial charge in [0.15, 0.2) is 0 Å². The monoisotopic (exact) mass is 240 g/mol. The zero-order valence-corrected chi connectivity index (χ0v) is 9.66. The molecule has 2 rings (SSSR count). The van der Waals surface area contributed by atoms with E-state index >= 15 is 0 Å². The number of benzene rings is 2. The molecule has 0 heterocycles. The van der Waals surface area contributed by atoms with E-state index in [0.29, 0.717) is 0 Å². The first-order chi connectivity index (χ1) is 6.36. The van der Waals surface area contributed by atoms with Crippen LogP contribution < -0.4 is 18.9 Å². The van der Waals surface area contributed by atoms with Crippen LogP contribution in [0.15, 0.2) is 59.1 Å². The van der Waals surface area contributed by atoms with Gasteiger partial charge in [0.1, 0.15) is 0 Å². The molecule has 2 aromatic rings. The fourth-order valence-electron chi connectivity index (χ4n) is 1.30. The molecule has 0 bridgehead atoms. The summed E-state index contributed by atoms with van der Waals surface area (Å²) in [6.45, 7) is 0. The Morgan fingerprint density at radius 1 is 0.786 bits per heavy atom. The molecule has 0 aliphatic rings. The van der Waals surface area contributed by atoms with Gasteiger partial charge in [-0.3, -0.25) is 0 Å². The van der Waals surface area contributed by atoms with Crippen LogP contribution in [0.3, 0.4) is 0 Å². The molecule has 0 radical (unpaired) electrons. The topological polar surface area (TPSA) is 0 Å². The molecule has 0 unspecified atom stereocenters. The van der Waals surface area contributed by atoms with Crippen LogP contribution in [0.2, 0.25) is 0 Å². The fourth-order valence-corrected chi connectivity index (χ4v) is 1.70. The average molecular weight is 241 g/mol. The average Bonchev–Trinajstić information content (AvgIpc) is 2.19. The maximum absolute atomic E-state index is 3.46. The Morgan fingerprint density at radius 3 is 2.07 bits per heavy atom. The minimum atomic E-state index is 0. The molecular weight excluding hydrogens is 231 g/mol. The third kappa shape index (κ3) is 2.75. The predicted molar refractivity (Wildman–Crippen MR) is 60.7 cm³/mol. The smallest absolute Gasteiger partial charge is 1.00 e. The summed E-state index contributed by atoms with van der Waals surface area (Å²) in [7, 11) is 0.